The van der Waals surface area contributed by atoms with Gasteiger partial charge >= 0.3 is 0 Å². The molecule has 0 spiro atoms. The molecule has 2 unspecified atom stereocenters. The van der Waals surface area contributed by atoms with Crippen molar-refractivity contribution in [2.24, 2.45) is 5.73 Å². The van der Waals surface area contributed by atoms with Crippen molar-refractivity contribution in [2.75, 3.05) is 13.6 Å². The number of rotatable bonds is 2. The van der Waals surface area contributed by atoms with E-state index in [1.54, 1.807) is 6.33 Å². The third kappa shape index (κ3) is 2.12. The fourth-order valence-electron chi connectivity index (χ4n) is 2.83. The Morgan fingerprint density at radius 1 is 1.47 bits per heavy atom. The highest BCUT2D eigenvalue weighted by molar-refractivity contribution is 9.10. The first-order valence-electron chi connectivity index (χ1n) is 6.41. The molecule has 0 bridgehead atoms. The van der Waals surface area contributed by atoms with E-state index in [1.807, 2.05) is 6.07 Å². The number of nitrogens with one attached hydrogen (secondary N) is 1. The molecule has 0 saturated heterocycles. The minimum absolute atomic E-state index is 0.152. The summed E-state index contributed by atoms with van der Waals surface area (Å²) in [6, 6.07) is 8.79. The molecule has 3 rings (SSSR count). The highest BCUT2D eigenvalue weighted by Crippen LogP contribution is 2.37. The number of halogens is 1. The summed E-state index contributed by atoms with van der Waals surface area (Å²) < 4.78 is 1.11. The maximum absolute atomic E-state index is 5.91. The van der Waals surface area contributed by atoms with Crippen LogP contribution in [0.1, 0.15) is 23.0 Å². The number of aromatic amines is 1. The Morgan fingerprint density at radius 2 is 2.26 bits per heavy atom. The predicted molar refractivity (Wildman–Crippen MR) is 78.9 cm³/mol. The fraction of sp³-hybridized carbons (Fsp3) is 0.357. The average Bonchev–Trinajstić information content (AvgIpc) is 2.87. The van der Waals surface area contributed by atoms with Crippen molar-refractivity contribution in [1.29, 1.82) is 0 Å². The normalized spacial score (nSPS) is 23.3. The third-order valence-electron chi connectivity index (χ3n) is 3.91. The standard InChI is InChI=1S/C14H17BrN4/c1-19-9(7-16)6-12-13(18-8-17-12)14(19)10-4-2-3-5-11(10)15/h2-5,8-9,14H,6-7,16H2,1H3,(H,17,18). The molecule has 4 nitrogen and oxygen atoms in total. The number of benzene rings is 1. The molecule has 0 aliphatic carbocycles. The minimum Gasteiger partial charge on any atom is -0.348 e. The minimum atomic E-state index is 0.152. The Morgan fingerprint density at radius 3 is 3.00 bits per heavy atom. The number of nitrogens with two attached hydrogens (primary N) is 1. The zero-order valence-electron chi connectivity index (χ0n) is 10.8. The molecule has 1 aliphatic rings. The van der Waals surface area contributed by atoms with Crippen LogP contribution in [-0.4, -0.2) is 34.5 Å². The van der Waals surface area contributed by atoms with Gasteiger partial charge in [-0.2, -0.15) is 0 Å². The van der Waals surface area contributed by atoms with E-state index >= 15 is 0 Å². The van der Waals surface area contributed by atoms with Crippen LogP contribution in [-0.2, 0) is 6.42 Å². The SMILES string of the molecule is CN1C(CN)Cc2[nH]cnc2C1c1ccccc1Br. The largest absolute Gasteiger partial charge is 0.348 e. The number of imidazole rings is 1. The van der Waals surface area contributed by atoms with Crippen molar-refractivity contribution in [1.82, 2.24) is 14.9 Å². The van der Waals surface area contributed by atoms with Gasteiger partial charge in [0.2, 0.25) is 0 Å². The van der Waals surface area contributed by atoms with Gasteiger partial charge in [0, 0.05) is 29.2 Å². The molecule has 0 radical (unpaired) electrons. The van der Waals surface area contributed by atoms with Crippen molar-refractivity contribution in [3.05, 3.63) is 52.0 Å². The molecular weight excluding hydrogens is 304 g/mol. The first kappa shape index (κ1) is 12.8. The molecule has 1 aromatic heterocycles. The molecule has 5 heteroatoms. The number of likely N-dealkylation sites (N-methyl/N-ethyl adjacent to an activating group) is 1. The highest BCUT2D eigenvalue weighted by atomic mass is 79.9. The number of hydrogen-bond acceptors (Lipinski definition) is 3. The molecule has 2 atom stereocenters. The molecule has 2 aromatic rings. The summed E-state index contributed by atoms with van der Waals surface area (Å²) in [5.41, 5.74) is 9.46. The van der Waals surface area contributed by atoms with Crippen molar-refractivity contribution >= 4 is 15.9 Å². The predicted octanol–water partition coefficient (Wildman–Crippen LogP) is 2.08. The van der Waals surface area contributed by atoms with Crippen LogP contribution in [0, 0.1) is 0 Å². The molecule has 0 fully saturated rings. The summed E-state index contributed by atoms with van der Waals surface area (Å²) in [4.78, 5) is 10.1. The zero-order valence-corrected chi connectivity index (χ0v) is 12.4. The molecule has 0 saturated carbocycles. The van der Waals surface area contributed by atoms with Crippen LogP contribution in [0.2, 0.25) is 0 Å². The van der Waals surface area contributed by atoms with E-state index in [9.17, 15) is 0 Å². The van der Waals surface area contributed by atoms with E-state index in [2.05, 4.69) is 56.0 Å². The van der Waals surface area contributed by atoms with E-state index < -0.39 is 0 Å². The number of fused-ring (bicyclic) bond motifs is 1. The Hall–Kier alpha value is -1.17. The Bertz CT molecular complexity index is 580. The maximum Gasteiger partial charge on any atom is 0.0926 e. The lowest BCUT2D eigenvalue weighted by Crippen LogP contribution is -2.45. The van der Waals surface area contributed by atoms with E-state index in [-0.39, 0.29) is 6.04 Å². The molecule has 1 aromatic carbocycles. The van der Waals surface area contributed by atoms with E-state index in [4.69, 9.17) is 5.73 Å². The summed E-state index contributed by atoms with van der Waals surface area (Å²) in [6.07, 6.45) is 2.71. The summed E-state index contributed by atoms with van der Waals surface area (Å²) in [7, 11) is 2.12. The van der Waals surface area contributed by atoms with Gasteiger partial charge in [0.15, 0.2) is 0 Å². The summed E-state index contributed by atoms with van der Waals surface area (Å²) >= 11 is 3.65. The van der Waals surface area contributed by atoms with E-state index in [1.165, 1.54) is 11.3 Å². The summed E-state index contributed by atoms with van der Waals surface area (Å²) in [5.74, 6) is 0. The topological polar surface area (TPSA) is 57.9 Å². The quantitative estimate of drug-likeness (QED) is 0.890. The van der Waals surface area contributed by atoms with Crippen molar-refractivity contribution < 1.29 is 0 Å². The van der Waals surface area contributed by atoms with Crippen molar-refractivity contribution in [3.8, 4) is 0 Å². The maximum atomic E-state index is 5.91. The Labute approximate surface area is 121 Å². The van der Waals surface area contributed by atoms with Gasteiger partial charge in [0.25, 0.3) is 0 Å². The van der Waals surface area contributed by atoms with Crippen LogP contribution in [0.3, 0.4) is 0 Å². The summed E-state index contributed by atoms with van der Waals surface area (Å²) in [5, 5.41) is 0. The highest BCUT2D eigenvalue weighted by Gasteiger charge is 2.34. The number of hydrogen-bond donors (Lipinski definition) is 2. The van der Waals surface area contributed by atoms with Gasteiger partial charge in [-0.15, -0.1) is 0 Å². The summed E-state index contributed by atoms with van der Waals surface area (Å²) in [6.45, 7) is 0.649. The number of H-pyrrole nitrogens is 1. The lowest BCUT2D eigenvalue weighted by molar-refractivity contribution is 0.180. The average molecular weight is 321 g/mol. The van der Waals surface area contributed by atoms with Crippen LogP contribution in [0.5, 0.6) is 0 Å². The van der Waals surface area contributed by atoms with Crippen LogP contribution in [0.15, 0.2) is 35.1 Å². The molecule has 0 amide bonds. The lowest BCUT2D eigenvalue weighted by Gasteiger charge is -2.38. The van der Waals surface area contributed by atoms with Gasteiger partial charge in [0.05, 0.1) is 18.1 Å². The van der Waals surface area contributed by atoms with Gasteiger partial charge in [-0.25, -0.2) is 4.98 Å². The monoisotopic (exact) mass is 320 g/mol. The Kier molecular flexibility index (Phi) is 3.43. The van der Waals surface area contributed by atoms with Crippen LogP contribution < -0.4 is 5.73 Å². The van der Waals surface area contributed by atoms with E-state index in [0.717, 1.165) is 16.6 Å². The molecule has 100 valence electrons. The molecular formula is C14H17BrN4. The van der Waals surface area contributed by atoms with Gasteiger partial charge in [0.1, 0.15) is 0 Å². The van der Waals surface area contributed by atoms with E-state index in [0.29, 0.717) is 12.6 Å². The van der Waals surface area contributed by atoms with Crippen LogP contribution in [0.4, 0.5) is 0 Å². The fourth-order valence-corrected chi connectivity index (χ4v) is 3.33. The third-order valence-corrected chi connectivity index (χ3v) is 4.63. The van der Waals surface area contributed by atoms with Gasteiger partial charge in [-0.1, -0.05) is 34.1 Å². The zero-order chi connectivity index (χ0) is 13.4. The molecule has 3 N–H and O–H groups in total. The van der Waals surface area contributed by atoms with Gasteiger partial charge in [-0.05, 0) is 18.7 Å². The second-order valence-corrected chi connectivity index (χ2v) is 5.80. The number of nitrogens with zero attached hydrogens (tertiary/aromatic N) is 2. The Balaban J connectivity index is 2.11. The molecule has 1 aliphatic heterocycles. The first-order valence-corrected chi connectivity index (χ1v) is 7.20. The van der Waals surface area contributed by atoms with Crippen molar-refractivity contribution in [2.45, 2.75) is 18.5 Å². The lowest BCUT2D eigenvalue weighted by atomic mass is 9.92. The molecule has 19 heavy (non-hydrogen) atoms. The van der Waals surface area contributed by atoms with Gasteiger partial charge in [-0.3, -0.25) is 4.90 Å². The van der Waals surface area contributed by atoms with Crippen LogP contribution >= 0.6 is 15.9 Å². The van der Waals surface area contributed by atoms with Gasteiger partial charge < -0.3 is 10.7 Å². The van der Waals surface area contributed by atoms with Crippen LogP contribution in [0.25, 0.3) is 0 Å². The number of aromatic nitrogens is 2. The smallest absolute Gasteiger partial charge is 0.0926 e. The second kappa shape index (κ2) is 5.07. The van der Waals surface area contributed by atoms with Crippen molar-refractivity contribution in [3.63, 3.8) is 0 Å². The molecule has 2 heterocycles. The first-order chi connectivity index (χ1) is 9.22. The second-order valence-electron chi connectivity index (χ2n) is 4.95.